The molecule has 1 saturated carbocycles. The van der Waals surface area contributed by atoms with Gasteiger partial charge in [-0.2, -0.15) is 5.10 Å². The van der Waals surface area contributed by atoms with Gasteiger partial charge in [0.25, 0.3) is 5.91 Å². The van der Waals surface area contributed by atoms with E-state index in [1.165, 1.54) is 6.08 Å². The number of hydrogen-bond acceptors (Lipinski definition) is 3. The summed E-state index contributed by atoms with van der Waals surface area (Å²) < 4.78 is 1.87. The maximum atomic E-state index is 12.5. The smallest absolute Gasteiger partial charge is 0.253 e. The molecule has 0 aliphatic heterocycles. The largest absolute Gasteiger partial charge is 0.349 e. The second-order valence-electron chi connectivity index (χ2n) is 7.45. The molecule has 0 spiro atoms. The van der Waals surface area contributed by atoms with Crippen molar-refractivity contribution in [3.05, 3.63) is 83.2 Å². The van der Waals surface area contributed by atoms with Crippen LogP contribution in [0.4, 0.5) is 5.69 Å². The minimum atomic E-state index is -0.298. The lowest BCUT2D eigenvalue weighted by Crippen LogP contribution is -2.26. The van der Waals surface area contributed by atoms with Crippen molar-refractivity contribution in [1.82, 2.24) is 15.1 Å². The first kappa shape index (κ1) is 19.6. The topological polar surface area (TPSA) is 76.0 Å². The quantitative estimate of drug-likeness (QED) is 0.614. The van der Waals surface area contributed by atoms with Crippen LogP contribution in [0.3, 0.4) is 0 Å². The molecule has 6 heteroatoms. The second kappa shape index (κ2) is 8.37. The summed E-state index contributed by atoms with van der Waals surface area (Å²) in [4.78, 5) is 24.9. The number of benzene rings is 2. The highest BCUT2D eigenvalue weighted by Gasteiger charge is 2.24. The monoisotopic (exact) mass is 400 g/mol. The van der Waals surface area contributed by atoms with Gasteiger partial charge in [-0.15, -0.1) is 0 Å². The van der Waals surface area contributed by atoms with Crippen molar-refractivity contribution < 1.29 is 9.59 Å². The molecule has 1 aliphatic carbocycles. The summed E-state index contributed by atoms with van der Waals surface area (Å²) in [5.74, 6) is -0.457. The highest BCUT2D eigenvalue weighted by Crippen LogP contribution is 2.22. The van der Waals surface area contributed by atoms with E-state index < -0.39 is 0 Å². The van der Waals surface area contributed by atoms with E-state index in [9.17, 15) is 9.59 Å². The Hall–Kier alpha value is -3.67. The Balaban J connectivity index is 1.50. The van der Waals surface area contributed by atoms with Gasteiger partial charge in [-0.25, -0.2) is 4.68 Å². The zero-order valence-corrected chi connectivity index (χ0v) is 17.1. The molecule has 1 heterocycles. The number of aromatic nitrogens is 2. The van der Waals surface area contributed by atoms with Gasteiger partial charge in [0.2, 0.25) is 5.91 Å². The fraction of sp³-hybridized carbons (Fsp3) is 0.208. The van der Waals surface area contributed by atoms with Crippen LogP contribution in [0.2, 0.25) is 0 Å². The van der Waals surface area contributed by atoms with Crippen molar-refractivity contribution in [1.29, 1.82) is 0 Å². The molecule has 0 atom stereocenters. The van der Waals surface area contributed by atoms with Gasteiger partial charge in [0, 0.05) is 23.4 Å². The molecule has 0 saturated heterocycles. The zero-order valence-electron chi connectivity index (χ0n) is 17.1. The number of carbonyl (C=O) groups is 2. The third-order valence-corrected chi connectivity index (χ3v) is 5.09. The van der Waals surface area contributed by atoms with Crippen molar-refractivity contribution >= 4 is 23.6 Å². The Morgan fingerprint density at radius 3 is 2.47 bits per heavy atom. The molecule has 1 fully saturated rings. The van der Waals surface area contributed by atoms with Gasteiger partial charge in [-0.05, 0) is 57.0 Å². The molecule has 2 amide bonds. The van der Waals surface area contributed by atoms with E-state index in [1.54, 1.807) is 30.3 Å². The third-order valence-electron chi connectivity index (χ3n) is 5.09. The van der Waals surface area contributed by atoms with Gasteiger partial charge in [0.05, 0.1) is 22.6 Å². The minimum Gasteiger partial charge on any atom is -0.349 e. The number of nitrogens with zero attached hydrogens (tertiary/aromatic N) is 2. The molecule has 152 valence electrons. The molecular weight excluding hydrogens is 376 g/mol. The van der Waals surface area contributed by atoms with E-state index >= 15 is 0 Å². The number of aryl methyl sites for hydroxylation is 1. The van der Waals surface area contributed by atoms with Crippen molar-refractivity contribution in [2.75, 3.05) is 5.32 Å². The molecule has 6 nitrogen and oxygen atoms in total. The summed E-state index contributed by atoms with van der Waals surface area (Å²) in [5, 5.41) is 10.4. The first-order chi connectivity index (χ1) is 14.5. The van der Waals surface area contributed by atoms with Crippen molar-refractivity contribution in [2.24, 2.45) is 0 Å². The predicted octanol–water partition coefficient (Wildman–Crippen LogP) is 4.03. The Kier molecular flexibility index (Phi) is 5.48. The van der Waals surface area contributed by atoms with E-state index in [0.717, 1.165) is 35.5 Å². The summed E-state index contributed by atoms with van der Waals surface area (Å²) >= 11 is 0. The number of nitrogens with one attached hydrogen (secondary N) is 2. The molecule has 1 aromatic heterocycles. The van der Waals surface area contributed by atoms with Crippen molar-refractivity contribution in [3.63, 3.8) is 0 Å². The van der Waals surface area contributed by atoms with Gasteiger partial charge in [0.15, 0.2) is 0 Å². The molecule has 3 aromatic rings. The third kappa shape index (κ3) is 4.33. The van der Waals surface area contributed by atoms with Gasteiger partial charge in [-0.1, -0.05) is 30.3 Å². The normalized spacial score (nSPS) is 13.4. The van der Waals surface area contributed by atoms with E-state index in [4.69, 9.17) is 0 Å². The zero-order chi connectivity index (χ0) is 21.1. The van der Waals surface area contributed by atoms with Crippen LogP contribution >= 0.6 is 0 Å². The number of rotatable bonds is 6. The fourth-order valence-electron chi connectivity index (χ4n) is 3.33. The number of hydrogen-bond donors (Lipinski definition) is 2. The Morgan fingerprint density at radius 1 is 1.03 bits per heavy atom. The summed E-state index contributed by atoms with van der Waals surface area (Å²) in [5.41, 5.74) is 4.62. The Morgan fingerprint density at radius 2 is 1.73 bits per heavy atom. The maximum Gasteiger partial charge on any atom is 0.253 e. The fourth-order valence-corrected chi connectivity index (χ4v) is 3.33. The predicted molar refractivity (Wildman–Crippen MR) is 118 cm³/mol. The number of amides is 2. The molecule has 0 radical (unpaired) electrons. The van der Waals surface area contributed by atoms with Gasteiger partial charge in [-0.3, -0.25) is 9.59 Å². The molecule has 2 N–H and O–H groups in total. The first-order valence-corrected chi connectivity index (χ1v) is 10.0. The van der Waals surface area contributed by atoms with Crippen LogP contribution in [0.25, 0.3) is 11.8 Å². The summed E-state index contributed by atoms with van der Waals surface area (Å²) in [7, 11) is 0. The summed E-state index contributed by atoms with van der Waals surface area (Å²) in [6, 6.07) is 17.2. The second-order valence-corrected chi connectivity index (χ2v) is 7.45. The molecule has 30 heavy (non-hydrogen) atoms. The van der Waals surface area contributed by atoms with Gasteiger partial charge >= 0.3 is 0 Å². The average Bonchev–Trinajstić information content (AvgIpc) is 3.51. The van der Waals surface area contributed by atoms with Crippen LogP contribution in [-0.4, -0.2) is 27.6 Å². The highest BCUT2D eigenvalue weighted by atomic mass is 16.2. The van der Waals surface area contributed by atoms with E-state index in [1.807, 2.05) is 48.9 Å². The van der Waals surface area contributed by atoms with Gasteiger partial charge < -0.3 is 10.6 Å². The molecule has 0 bridgehead atoms. The number of para-hydroxylation sites is 2. The number of anilines is 1. The van der Waals surface area contributed by atoms with E-state index in [2.05, 4.69) is 15.7 Å². The van der Waals surface area contributed by atoms with Crippen molar-refractivity contribution in [2.45, 2.75) is 32.7 Å². The van der Waals surface area contributed by atoms with Crippen LogP contribution in [0.1, 0.15) is 40.2 Å². The van der Waals surface area contributed by atoms with Crippen molar-refractivity contribution in [3.8, 4) is 5.69 Å². The SMILES string of the molecule is Cc1nn(-c2ccccc2)c(C)c1/C=C/C(=O)Nc1ccccc1C(=O)NC1CC1. The highest BCUT2D eigenvalue weighted by molar-refractivity contribution is 6.07. The lowest BCUT2D eigenvalue weighted by Gasteiger charge is -2.10. The lowest BCUT2D eigenvalue weighted by molar-refractivity contribution is -0.111. The lowest BCUT2D eigenvalue weighted by atomic mass is 10.1. The Bertz CT molecular complexity index is 1110. The van der Waals surface area contributed by atoms with E-state index in [0.29, 0.717) is 11.3 Å². The minimum absolute atomic E-state index is 0.159. The van der Waals surface area contributed by atoms with Crippen LogP contribution in [0.5, 0.6) is 0 Å². The average molecular weight is 400 g/mol. The molecule has 2 aromatic carbocycles. The van der Waals surface area contributed by atoms with Crippen LogP contribution in [-0.2, 0) is 4.79 Å². The van der Waals surface area contributed by atoms with Crippen LogP contribution < -0.4 is 10.6 Å². The molecule has 0 unspecified atom stereocenters. The maximum absolute atomic E-state index is 12.5. The Labute approximate surface area is 175 Å². The van der Waals surface area contributed by atoms with E-state index in [-0.39, 0.29) is 17.9 Å². The van der Waals surface area contributed by atoms with Crippen LogP contribution in [0.15, 0.2) is 60.7 Å². The van der Waals surface area contributed by atoms with Gasteiger partial charge in [0.1, 0.15) is 0 Å². The number of carbonyl (C=O) groups excluding carboxylic acids is 2. The standard InChI is InChI=1S/C24H24N4O2/c1-16-20(17(2)28(27-16)19-8-4-3-5-9-19)14-15-23(29)26-22-11-7-6-10-21(22)24(30)25-18-12-13-18/h3-11,14-15,18H,12-13H2,1-2H3,(H,25,30)(H,26,29)/b15-14+. The molecular formula is C24H24N4O2. The summed E-state index contributed by atoms with van der Waals surface area (Å²) in [6.45, 7) is 3.89. The van der Waals surface area contributed by atoms with Crippen LogP contribution in [0, 0.1) is 13.8 Å². The first-order valence-electron chi connectivity index (χ1n) is 10.0. The molecule has 4 rings (SSSR count). The molecule has 1 aliphatic rings. The summed E-state index contributed by atoms with van der Waals surface area (Å²) in [6.07, 6.45) is 5.26.